The van der Waals surface area contributed by atoms with Crippen LogP contribution in [0.4, 0.5) is 0 Å². The standard InChI is InChI=1S/C70H66N2.2ClHO4/c1(3-5-7-27-45-71-47-41-61(42-48-71)69-65(57-33-19-11-20-34-57)51-63(55-29-15-9-16-30-55)52-66(69)58-35-21-12-22-36-58)2-4-6-8-28-46-72-49-43-62(44-50-72)70-67(59-37-23-13-24-38-59)53-64(56-31-17-10-18-32-56)54-68(70)60-39-25-14-26-40-60;2*2-1(3,4)5/h9-26,29-44,47-54H,1-8,27-28,45-46H2;2*(H,2,3,4,5)/q+2;;/p-2. The Morgan fingerprint density at radius 1 is 0.220 bits per heavy atom. The first-order chi connectivity index (χ1) is 39.7. The van der Waals surface area contributed by atoms with Crippen LogP contribution >= 0.6 is 0 Å². The lowest BCUT2D eigenvalue weighted by Gasteiger charge is -2.19. The monoisotopic (exact) mass is 1130 g/mol. The molecule has 0 fully saturated rings. The van der Waals surface area contributed by atoms with Gasteiger partial charge in [-0.15, -0.1) is 20.5 Å². The normalized spacial score (nSPS) is 11.3. The highest BCUT2D eigenvalue weighted by Gasteiger charge is 2.20. The van der Waals surface area contributed by atoms with Gasteiger partial charge in [-0.2, -0.15) is 0 Å². The minimum atomic E-state index is -4.94. The first-order valence-electron chi connectivity index (χ1n) is 27.7. The van der Waals surface area contributed by atoms with Gasteiger partial charge in [-0.1, -0.05) is 221 Å². The molecule has 0 bridgehead atoms. The van der Waals surface area contributed by atoms with Crippen molar-refractivity contribution in [3.8, 4) is 89.0 Å². The van der Waals surface area contributed by atoms with Crippen LogP contribution in [0.3, 0.4) is 0 Å². The number of nitrogens with zero attached hydrogens (tertiary/aromatic N) is 2. The minimum Gasteiger partial charge on any atom is -0.222 e. The van der Waals surface area contributed by atoms with E-state index in [0.29, 0.717) is 0 Å². The van der Waals surface area contributed by atoms with Gasteiger partial charge in [0.25, 0.3) is 0 Å². The Bertz CT molecular complexity index is 3110. The Balaban J connectivity index is 0.000000811. The van der Waals surface area contributed by atoms with E-state index in [-0.39, 0.29) is 0 Å². The fourth-order valence-corrected chi connectivity index (χ4v) is 10.4. The number of aromatic nitrogens is 2. The summed E-state index contributed by atoms with van der Waals surface area (Å²) in [5.41, 5.74) is 19.9. The third-order valence-corrected chi connectivity index (χ3v) is 14.3. The lowest BCUT2D eigenvalue weighted by Crippen LogP contribution is -2.68. The average Bonchev–Trinajstić information content (AvgIpc) is 3.55. The summed E-state index contributed by atoms with van der Waals surface area (Å²) in [4.78, 5) is 0. The van der Waals surface area contributed by atoms with Crippen LogP contribution in [0.1, 0.15) is 64.2 Å². The van der Waals surface area contributed by atoms with Crippen molar-refractivity contribution in [1.29, 1.82) is 0 Å². The zero-order valence-electron chi connectivity index (χ0n) is 45.7. The van der Waals surface area contributed by atoms with E-state index in [2.05, 4.69) is 264 Å². The molecule has 0 spiro atoms. The van der Waals surface area contributed by atoms with E-state index in [1.807, 2.05) is 0 Å². The zero-order valence-corrected chi connectivity index (χ0v) is 47.2. The maximum absolute atomic E-state index is 8.49. The summed E-state index contributed by atoms with van der Waals surface area (Å²) >= 11 is 0. The van der Waals surface area contributed by atoms with Gasteiger partial charge in [0.2, 0.25) is 0 Å². The maximum Gasteiger partial charge on any atom is 0.169 e. The summed E-state index contributed by atoms with van der Waals surface area (Å²) in [7, 11) is -9.89. The quantitative estimate of drug-likeness (QED) is 0.0504. The van der Waals surface area contributed by atoms with Gasteiger partial charge >= 0.3 is 0 Å². The molecule has 2 heterocycles. The van der Waals surface area contributed by atoms with Gasteiger partial charge in [0.05, 0.1) is 0 Å². The second-order valence-corrected chi connectivity index (χ2v) is 21.5. The Labute approximate surface area is 485 Å². The predicted octanol–water partition coefficient (Wildman–Crippen LogP) is 8.69. The third kappa shape index (κ3) is 19.0. The Morgan fingerprint density at radius 3 is 0.634 bits per heavy atom. The van der Waals surface area contributed by atoms with Crippen LogP contribution in [0.25, 0.3) is 89.0 Å². The van der Waals surface area contributed by atoms with Crippen LogP contribution in [-0.4, -0.2) is 0 Å². The molecule has 0 radical (unpaired) electrons. The lowest BCUT2D eigenvalue weighted by atomic mass is 9.85. The lowest BCUT2D eigenvalue weighted by molar-refractivity contribution is -2.00. The molecule has 0 aliphatic carbocycles. The third-order valence-electron chi connectivity index (χ3n) is 14.3. The number of rotatable bonds is 21. The molecule has 0 saturated carbocycles. The SMILES string of the molecule is [O-][Cl+3]([O-])([O-])[O-].[O-][Cl+3]([O-])([O-])[O-].c1ccc(-c2cc(-c3ccccc3)c(-c3cc[n+](CCCCCCCCCCCC[n+]4ccc(-c5c(-c6ccccc6)cc(-c6ccccc6)cc5-c5ccccc5)cc4)cc3)c(-c3ccccc3)c2)cc1. The van der Waals surface area contributed by atoms with Crippen LogP contribution in [-0.2, 0) is 13.1 Å². The molecule has 82 heavy (non-hydrogen) atoms. The molecular weight excluding hydrogens is 1070 g/mol. The molecule has 10 aromatic rings. The number of hydrogen-bond acceptors (Lipinski definition) is 8. The van der Waals surface area contributed by atoms with Crippen LogP contribution < -0.4 is 46.4 Å². The number of pyridine rings is 2. The molecular formula is C70H66Cl2N2O8. The zero-order chi connectivity index (χ0) is 57.6. The van der Waals surface area contributed by atoms with Crippen molar-refractivity contribution in [2.45, 2.75) is 77.3 Å². The van der Waals surface area contributed by atoms with E-state index < -0.39 is 20.5 Å². The largest absolute Gasteiger partial charge is 0.222 e. The average molecular weight is 1130 g/mol. The molecule has 0 saturated heterocycles. The number of hydrogen-bond donors (Lipinski definition) is 0. The van der Waals surface area contributed by atoms with E-state index in [4.69, 9.17) is 37.3 Å². The predicted molar refractivity (Wildman–Crippen MR) is 303 cm³/mol. The molecule has 10 nitrogen and oxygen atoms in total. The van der Waals surface area contributed by atoms with Crippen LogP contribution in [0.15, 0.2) is 255 Å². The molecule has 8 aromatic carbocycles. The van der Waals surface area contributed by atoms with Gasteiger partial charge < -0.3 is 0 Å². The molecule has 0 N–H and O–H groups in total. The highest BCUT2D eigenvalue weighted by Crippen LogP contribution is 2.45. The Morgan fingerprint density at radius 2 is 0.415 bits per heavy atom. The molecule has 0 atom stereocenters. The molecule has 0 unspecified atom stereocenters. The summed E-state index contributed by atoms with van der Waals surface area (Å²) in [6, 6.07) is 83.8. The van der Waals surface area contributed by atoms with Crippen LogP contribution in [0, 0.1) is 20.5 Å². The van der Waals surface area contributed by atoms with E-state index >= 15 is 0 Å². The van der Waals surface area contributed by atoms with Crippen molar-refractivity contribution in [2.24, 2.45) is 0 Å². The van der Waals surface area contributed by atoms with Gasteiger partial charge in [-0.25, -0.2) is 46.4 Å². The molecule has 0 aliphatic rings. The topological polar surface area (TPSA) is 192 Å². The van der Waals surface area contributed by atoms with Crippen molar-refractivity contribution in [2.75, 3.05) is 0 Å². The molecule has 2 aromatic heterocycles. The number of aryl methyl sites for hydroxylation is 2. The van der Waals surface area contributed by atoms with Crippen molar-refractivity contribution < 1.29 is 66.9 Å². The van der Waals surface area contributed by atoms with E-state index in [1.165, 1.54) is 153 Å². The highest BCUT2D eigenvalue weighted by molar-refractivity contribution is 5.99. The van der Waals surface area contributed by atoms with Crippen molar-refractivity contribution in [1.82, 2.24) is 0 Å². The number of unbranched alkanes of at least 4 members (excludes halogenated alkanes) is 9. The van der Waals surface area contributed by atoms with Gasteiger partial charge in [-0.05, 0) is 126 Å². The first-order valence-corrected chi connectivity index (χ1v) is 30.1. The minimum absolute atomic E-state index is 1.05. The maximum atomic E-state index is 8.49. The number of halogens is 2. The first kappa shape index (κ1) is 60.4. The summed E-state index contributed by atoms with van der Waals surface area (Å²) in [6.07, 6.45) is 22.1. The Kier molecular flexibility index (Phi) is 22.4. The van der Waals surface area contributed by atoms with Crippen LogP contribution in [0.2, 0.25) is 0 Å². The van der Waals surface area contributed by atoms with Gasteiger partial charge in [-0.3, -0.25) is 0 Å². The van der Waals surface area contributed by atoms with Crippen LogP contribution in [0.5, 0.6) is 0 Å². The molecule has 0 aliphatic heterocycles. The fourth-order valence-electron chi connectivity index (χ4n) is 10.4. The van der Waals surface area contributed by atoms with E-state index in [0.717, 1.165) is 13.1 Å². The van der Waals surface area contributed by atoms with Crippen molar-refractivity contribution >= 4 is 0 Å². The number of benzene rings is 8. The smallest absolute Gasteiger partial charge is 0.169 e. The summed E-state index contributed by atoms with van der Waals surface area (Å²) in [5, 5.41) is 0. The molecule has 0 amide bonds. The molecule has 12 heteroatoms. The Hall–Kier alpha value is -7.68. The molecule has 10 rings (SSSR count). The van der Waals surface area contributed by atoms with Gasteiger partial charge in [0.1, 0.15) is 13.1 Å². The molecule has 418 valence electrons. The second-order valence-electron chi connectivity index (χ2n) is 20.0. The summed E-state index contributed by atoms with van der Waals surface area (Å²) in [6.45, 7) is 2.10. The van der Waals surface area contributed by atoms with Gasteiger partial charge in [0.15, 0.2) is 24.8 Å². The summed E-state index contributed by atoms with van der Waals surface area (Å²) < 4.78 is 72.7. The fraction of sp³-hybridized carbons (Fsp3) is 0.171. The van der Waals surface area contributed by atoms with E-state index in [1.54, 1.807) is 0 Å². The van der Waals surface area contributed by atoms with Crippen molar-refractivity contribution in [3.63, 3.8) is 0 Å². The second kappa shape index (κ2) is 30.4. The van der Waals surface area contributed by atoms with Crippen molar-refractivity contribution in [3.05, 3.63) is 255 Å². The summed E-state index contributed by atoms with van der Waals surface area (Å²) in [5.74, 6) is 0. The van der Waals surface area contributed by atoms with E-state index in [9.17, 15) is 0 Å². The highest BCUT2D eigenvalue weighted by atomic mass is 35.7. The van der Waals surface area contributed by atoms with Gasteiger partial charge in [0, 0.05) is 37.1 Å².